The van der Waals surface area contributed by atoms with Crippen LogP contribution in [-0.2, 0) is 41.8 Å². The number of furan rings is 2. The number of nitrogens with one attached hydrogen (secondary N) is 1. The van der Waals surface area contributed by atoms with Gasteiger partial charge in [0.1, 0.15) is 27.8 Å². The monoisotopic (exact) mass is 434 g/mol. The van der Waals surface area contributed by atoms with Crippen molar-refractivity contribution in [1.29, 1.82) is 0 Å². The van der Waals surface area contributed by atoms with Crippen LogP contribution in [0.15, 0.2) is 44.7 Å². The lowest BCUT2D eigenvalue weighted by Gasteiger charge is -2.01. The molecule has 0 atom stereocenters. The maximum atomic E-state index is 12.7. The van der Waals surface area contributed by atoms with Gasteiger partial charge in [0.25, 0.3) is 0 Å². The molecule has 6 nitrogen and oxygen atoms in total. The van der Waals surface area contributed by atoms with Crippen LogP contribution in [0.3, 0.4) is 0 Å². The number of hydrogen-bond acceptors (Lipinski definition) is 6. The molecule has 0 saturated heterocycles. The molecule has 0 saturated carbocycles. The Balaban J connectivity index is 1.25. The number of thiazole rings is 1. The van der Waals surface area contributed by atoms with Crippen molar-refractivity contribution in [2.75, 3.05) is 0 Å². The lowest BCUT2D eigenvalue weighted by atomic mass is 10.0. The maximum Gasteiger partial charge on any atom is 0.217 e. The summed E-state index contributed by atoms with van der Waals surface area (Å²) in [7, 11) is 0. The third kappa shape index (κ3) is 4.18. The summed E-state index contributed by atoms with van der Waals surface area (Å²) in [4.78, 5) is 28.3. The first kappa shape index (κ1) is 19.8. The number of nitrogens with zero attached hydrogens (tertiary/aromatic N) is 1. The minimum absolute atomic E-state index is 0.106. The Morgan fingerprint density at radius 3 is 2.84 bits per heavy atom. The van der Waals surface area contributed by atoms with Gasteiger partial charge in [-0.15, -0.1) is 11.3 Å². The van der Waals surface area contributed by atoms with Crippen LogP contribution in [0.2, 0.25) is 0 Å². The van der Waals surface area contributed by atoms with Crippen molar-refractivity contribution < 1.29 is 18.4 Å². The molecule has 3 heterocycles. The fourth-order valence-electron chi connectivity index (χ4n) is 4.06. The normalized spacial score (nSPS) is 12.9. The minimum atomic E-state index is -0.109. The van der Waals surface area contributed by atoms with E-state index in [2.05, 4.69) is 22.4 Å². The Bertz CT molecular complexity index is 1280. The molecule has 5 rings (SSSR count). The van der Waals surface area contributed by atoms with E-state index in [-0.39, 0.29) is 18.1 Å². The summed E-state index contributed by atoms with van der Waals surface area (Å²) in [5.41, 5.74) is 5.26. The molecule has 1 aromatic carbocycles. The Morgan fingerprint density at radius 1 is 1.16 bits per heavy atom. The highest BCUT2D eigenvalue weighted by Gasteiger charge is 2.18. The molecule has 0 unspecified atom stereocenters. The van der Waals surface area contributed by atoms with Crippen LogP contribution in [0, 0.1) is 0 Å². The van der Waals surface area contributed by atoms with Crippen LogP contribution < -0.4 is 5.32 Å². The summed E-state index contributed by atoms with van der Waals surface area (Å²) < 4.78 is 11.5. The second kappa shape index (κ2) is 8.15. The largest absolute Gasteiger partial charge is 0.464 e. The smallest absolute Gasteiger partial charge is 0.217 e. The Morgan fingerprint density at radius 2 is 2.00 bits per heavy atom. The van der Waals surface area contributed by atoms with Crippen LogP contribution in [0.25, 0.3) is 22.4 Å². The molecule has 31 heavy (non-hydrogen) atoms. The summed E-state index contributed by atoms with van der Waals surface area (Å²) in [6.07, 6.45) is 5.73. The van der Waals surface area contributed by atoms with Gasteiger partial charge in [0.15, 0.2) is 5.76 Å². The molecule has 158 valence electrons. The SMILES string of the molecule is CC(=O)NCc1ccc(-c2csc(CC(=O)Cc3coc4cc5c(cc34)CCC5)n2)o1. The van der Waals surface area contributed by atoms with Crippen LogP contribution >= 0.6 is 11.3 Å². The quantitative estimate of drug-likeness (QED) is 0.458. The molecule has 1 N–H and O–H groups in total. The molecular formula is C24H22N2O4S. The average molecular weight is 435 g/mol. The zero-order chi connectivity index (χ0) is 21.4. The van der Waals surface area contributed by atoms with Crippen molar-refractivity contribution in [1.82, 2.24) is 10.3 Å². The van der Waals surface area contributed by atoms with Crippen LogP contribution in [-0.4, -0.2) is 16.7 Å². The minimum Gasteiger partial charge on any atom is -0.464 e. The molecule has 1 aliphatic rings. The molecule has 0 fully saturated rings. The van der Waals surface area contributed by atoms with E-state index < -0.39 is 0 Å². The Labute approximate surface area is 183 Å². The fraction of sp³-hybridized carbons (Fsp3) is 0.292. The van der Waals surface area contributed by atoms with Crippen LogP contribution in [0.4, 0.5) is 0 Å². The number of carbonyl (C=O) groups excluding carboxylic acids is 2. The second-order valence-corrected chi connectivity index (χ2v) is 8.87. The predicted octanol–water partition coefficient (Wildman–Crippen LogP) is 4.63. The lowest BCUT2D eigenvalue weighted by Crippen LogP contribution is -2.18. The van der Waals surface area contributed by atoms with Crippen molar-refractivity contribution in [2.24, 2.45) is 0 Å². The molecule has 1 aliphatic carbocycles. The predicted molar refractivity (Wildman–Crippen MR) is 118 cm³/mol. The van der Waals surface area contributed by atoms with Crippen LogP contribution in [0.1, 0.15) is 40.8 Å². The maximum absolute atomic E-state index is 12.7. The summed E-state index contributed by atoms with van der Waals surface area (Å²) in [5, 5.41) is 6.40. The van der Waals surface area contributed by atoms with Gasteiger partial charge in [0.05, 0.1) is 19.2 Å². The van der Waals surface area contributed by atoms with Gasteiger partial charge in [-0.25, -0.2) is 4.98 Å². The molecule has 0 bridgehead atoms. The van der Waals surface area contributed by atoms with Crippen molar-refractivity contribution >= 4 is 34.0 Å². The number of fused-ring (bicyclic) bond motifs is 2. The van der Waals surface area contributed by atoms with E-state index in [1.54, 1.807) is 6.26 Å². The summed E-state index contributed by atoms with van der Waals surface area (Å²) in [6.45, 7) is 1.80. The number of hydrogen-bond donors (Lipinski definition) is 1. The van der Waals surface area contributed by atoms with E-state index in [0.717, 1.165) is 34.4 Å². The van der Waals surface area contributed by atoms with E-state index >= 15 is 0 Å². The van der Waals surface area contributed by atoms with Crippen molar-refractivity contribution in [3.8, 4) is 11.5 Å². The topological polar surface area (TPSA) is 85.3 Å². The van der Waals surface area contributed by atoms with Gasteiger partial charge in [0, 0.05) is 29.7 Å². The first-order valence-electron chi connectivity index (χ1n) is 10.4. The molecule has 0 radical (unpaired) electrons. The molecule has 0 spiro atoms. The van der Waals surface area contributed by atoms with E-state index in [1.165, 1.54) is 35.8 Å². The van der Waals surface area contributed by atoms with Crippen molar-refractivity contribution in [3.05, 3.63) is 63.4 Å². The Hall–Kier alpha value is -3.19. The lowest BCUT2D eigenvalue weighted by molar-refractivity contribution is -0.119. The zero-order valence-corrected chi connectivity index (χ0v) is 18.0. The van der Waals surface area contributed by atoms with E-state index in [0.29, 0.717) is 30.2 Å². The third-order valence-electron chi connectivity index (χ3n) is 5.58. The van der Waals surface area contributed by atoms with Gasteiger partial charge in [-0.2, -0.15) is 0 Å². The highest BCUT2D eigenvalue weighted by Crippen LogP contribution is 2.31. The number of carbonyl (C=O) groups is 2. The highest BCUT2D eigenvalue weighted by molar-refractivity contribution is 7.10. The first-order valence-corrected chi connectivity index (χ1v) is 11.2. The number of rotatable bonds is 7. The summed E-state index contributed by atoms with van der Waals surface area (Å²) in [6, 6.07) is 7.97. The summed E-state index contributed by atoms with van der Waals surface area (Å²) >= 11 is 1.45. The molecule has 3 aromatic heterocycles. The van der Waals surface area contributed by atoms with Gasteiger partial charge in [-0.05, 0) is 54.7 Å². The third-order valence-corrected chi connectivity index (χ3v) is 6.43. The number of Topliss-reactive ketones (excluding diaryl/α,β-unsaturated/α-hetero) is 1. The van der Waals surface area contributed by atoms with Crippen LogP contribution in [0.5, 0.6) is 0 Å². The molecular weight excluding hydrogens is 412 g/mol. The number of amides is 1. The first-order chi connectivity index (χ1) is 15.0. The fourth-order valence-corrected chi connectivity index (χ4v) is 4.87. The van der Waals surface area contributed by atoms with Gasteiger partial charge in [-0.1, -0.05) is 0 Å². The van der Waals surface area contributed by atoms with Gasteiger partial charge in [0.2, 0.25) is 5.91 Å². The van der Waals surface area contributed by atoms with E-state index in [1.807, 2.05) is 17.5 Å². The Kier molecular flexibility index (Phi) is 5.19. The van der Waals surface area contributed by atoms with E-state index in [4.69, 9.17) is 8.83 Å². The standard InChI is InChI=1S/C24H22N2O4S/c1-14(27)25-11-19-5-6-22(30-19)21-13-31-24(26-21)10-18(28)7-17-12-29-23-9-16-4-2-3-15(16)8-20(17)23/h5-6,8-9,12-13H,2-4,7,10-11H2,1H3,(H,25,27). The van der Waals surface area contributed by atoms with Gasteiger partial charge < -0.3 is 14.2 Å². The average Bonchev–Trinajstić information content (AvgIpc) is 3.52. The highest BCUT2D eigenvalue weighted by atomic mass is 32.1. The molecule has 1 amide bonds. The number of ketones is 1. The van der Waals surface area contributed by atoms with Gasteiger partial charge >= 0.3 is 0 Å². The molecule has 0 aliphatic heterocycles. The molecule has 7 heteroatoms. The number of aromatic nitrogens is 1. The second-order valence-electron chi connectivity index (χ2n) is 7.93. The number of benzene rings is 1. The zero-order valence-electron chi connectivity index (χ0n) is 17.2. The van der Waals surface area contributed by atoms with Crippen molar-refractivity contribution in [2.45, 2.75) is 45.6 Å². The number of aryl methyl sites for hydroxylation is 2. The summed E-state index contributed by atoms with van der Waals surface area (Å²) in [5.74, 6) is 1.29. The molecule has 4 aromatic rings. The van der Waals surface area contributed by atoms with Gasteiger partial charge in [-0.3, -0.25) is 9.59 Å². The van der Waals surface area contributed by atoms with Crippen molar-refractivity contribution in [3.63, 3.8) is 0 Å². The van der Waals surface area contributed by atoms with E-state index in [9.17, 15) is 9.59 Å².